The maximum absolute atomic E-state index is 5.85. The molecule has 1 aliphatic heterocycles. The smallest absolute Gasteiger partial charge is 0.216 e. The fraction of sp³-hybridized carbons (Fsp3) is 0.524. The fourth-order valence-electron chi connectivity index (χ4n) is 3.20. The van der Waals surface area contributed by atoms with Crippen LogP contribution in [0.3, 0.4) is 0 Å². The third-order valence-corrected chi connectivity index (χ3v) is 5.40. The van der Waals surface area contributed by atoms with E-state index >= 15 is 0 Å². The molecule has 1 aromatic heterocycles. The number of nitrogens with one attached hydrogen (secondary N) is 2. The molecule has 29 heavy (non-hydrogen) atoms. The van der Waals surface area contributed by atoms with Crippen molar-refractivity contribution < 1.29 is 4.42 Å². The molecule has 8 heteroatoms. The topological polar surface area (TPSA) is 65.7 Å². The van der Waals surface area contributed by atoms with Crippen LogP contribution in [0, 0.1) is 0 Å². The molecule has 1 unspecified atom stereocenters. The molecule has 1 fully saturated rings. The summed E-state index contributed by atoms with van der Waals surface area (Å²) in [6.45, 7) is 11.6. The van der Waals surface area contributed by atoms with Crippen molar-refractivity contribution in [2.45, 2.75) is 52.1 Å². The van der Waals surface area contributed by atoms with Crippen LogP contribution in [-0.4, -0.2) is 36.6 Å². The molecular weight excluding hydrogens is 545 g/mol. The molecule has 0 saturated carbocycles. The zero-order valence-electron chi connectivity index (χ0n) is 17.5. The first-order valence-corrected chi connectivity index (χ1v) is 10.7. The summed E-state index contributed by atoms with van der Waals surface area (Å²) in [4.78, 5) is 11.4. The lowest BCUT2D eigenvalue weighted by Crippen LogP contribution is -2.44. The molecular formula is C21H31BrIN5O. The Bertz CT molecular complexity index is 817. The summed E-state index contributed by atoms with van der Waals surface area (Å²) < 4.78 is 6.98. The molecule has 1 aliphatic rings. The predicted octanol–water partition coefficient (Wildman–Crippen LogP) is 4.69. The van der Waals surface area contributed by atoms with Gasteiger partial charge in [0.1, 0.15) is 12.3 Å². The Labute approximate surface area is 199 Å². The number of hydrogen-bond donors (Lipinski definition) is 2. The van der Waals surface area contributed by atoms with E-state index in [1.807, 2.05) is 6.07 Å². The Hall–Kier alpha value is -1.29. The van der Waals surface area contributed by atoms with Gasteiger partial charge in [-0.05, 0) is 41.4 Å². The molecule has 0 bridgehead atoms. The van der Waals surface area contributed by atoms with Gasteiger partial charge < -0.3 is 20.0 Å². The number of guanidine groups is 1. The summed E-state index contributed by atoms with van der Waals surface area (Å²) in [5.41, 5.74) is 1.19. The molecule has 0 aliphatic carbocycles. The van der Waals surface area contributed by atoms with E-state index in [1.54, 1.807) is 6.20 Å². The zero-order chi connectivity index (χ0) is 20.1. The van der Waals surface area contributed by atoms with Crippen molar-refractivity contribution in [3.8, 4) is 0 Å². The summed E-state index contributed by atoms with van der Waals surface area (Å²) in [6, 6.07) is 8.71. The molecule has 0 amide bonds. The largest absolute Gasteiger partial charge is 0.443 e. The average Bonchev–Trinajstić information content (AvgIpc) is 3.29. The first-order valence-electron chi connectivity index (χ1n) is 9.86. The molecule has 0 radical (unpaired) electrons. The number of halogens is 2. The minimum atomic E-state index is -0.0449. The van der Waals surface area contributed by atoms with Gasteiger partial charge in [-0.1, -0.05) is 32.9 Å². The summed E-state index contributed by atoms with van der Waals surface area (Å²) in [6.07, 6.45) is 2.87. The second kappa shape index (κ2) is 10.7. The second-order valence-corrected chi connectivity index (χ2v) is 8.95. The number of anilines is 1. The standard InChI is InChI=1S/C21H30BrN5O.HI/c1-5-23-20(25-13-19-24-12-18(28-19)21(2,3)4)26-15-10-11-27(14-15)17-9-7-6-8-16(17)22;/h6-9,12,15H,5,10-11,13-14H2,1-4H3,(H2,23,25,26);1H. The third kappa shape index (κ3) is 6.60. The lowest BCUT2D eigenvalue weighted by atomic mass is 9.94. The maximum atomic E-state index is 5.85. The Morgan fingerprint density at radius 1 is 1.34 bits per heavy atom. The normalized spacial score (nSPS) is 17.2. The van der Waals surface area contributed by atoms with Crippen LogP contribution < -0.4 is 15.5 Å². The Morgan fingerprint density at radius 2 is 2.10 bits per heavy atom. The highest BCUT2D eigenvalue weighted by Gasteiger charge is 2.24. The lowest BCUT2D eigenvalue weighted by Gasteiger charge is -2.21. The van der Waals surface area contributed by atoms with Crippen LogP contribution in [0.25, 0.3) is 0 Å². The van der Waals surface area contributed by atoms with E-state index in [4.69, 9.17) is 4.42 Å². The quantitative estimate of drug-likeness (QED) is 0.308. The number of hydrogen-bond acceptors (Lipinski definition) is 4. The molecule has 2 aromatic rings. The van der Waals surface area contributed by atoms with Crippen LogP contribution in [0.1, 0.15) is 45.8 Å². The molecule has 6 nitrogen and oxygen atoms in total. The number of para-hydroxylation sites is 1. The molecule has 0 spiro atoms. The van der Waals surface area contributed by atoms with Crippen LogP contribution in [-0.2, 0) is 12.0 Å². The first-order chi connectivity index (χ1) is 13.4. The van der Waals surface area contributed by atoms with E-state index in [-0.39, 0.29) is 29.4 Å². The number of nitrogens with zero attached hydrogens (tertiary/aromatic N) is 3. The molecule has 1 atom stereocenters. The van der Waals surface area contributed by atoms with E-state index in [1.165, 1.54) is 5.69 Å². The van der Waals surface area contributed by atoms with Gasteiger partial charge in [-0.2, -0.15) is 0 Å². The van der Waals surface area contributed by atoms with Gasteiger partial charge in [-0.3, -0.25) is 0 Å². The SMILES string of the molecule is CCNC(=NCc1ncc(C(C)(C)C)o1)NC1CCN(c2ccccc2Br)C1.I. The van der Waals surface area contributed by atoms with Gasteiger partial charge in [0.15, 0.2) is 5.96 Å². The lowest BCUT2D eigenvalue weighted by molar-refractivity contribution is 0.383. The predicted molar refractivity (Wildman–Crippen MR) is 133 cm³/mol. The van der Waals surface area contributed by atoms with Crippen molar-refractivity contribution in [3.63, 3.8) is 0 Å². The summed E-state index contributed by atoms with van der Waals surface area (Å²) in [7, 11) is 0. The highest BCUT2D eigenvalue weighted by Crippen LogP contribution is 2.28. The average molecular weight is 576 g/mol. The molecule has 2 heterocycles. The summed E-state index contributed by atoms with van der Waals surface area (Å²) in [5.74, 6) is 2.33. The van der Waals surface area contributed by atoms with Crippen molar-refractivity contribution >= 4 is 51.6 Å². The van der Waals surface area contributed by atoms with E-state index in [2.05, 4.69) is 87.3 Å². The Balaban J connectivity index is 0.00000300. The van der Waals surface area contributed by atoms with Crippen molar-refractivity contribution in [2.75, 3.05) is 24.5 Å². The monoisotopic (exact) mass is 575 g/mol. The Kier molecular flexibility index (Phi) is 8.81. The van der Waals surface area contributed by atoms with Crippen molar-refractivity contribution in [3.05, 3.63) is 46.6 Å². The van der Waals surface area contributed by atoms with Gasteiger partial charge in [0, 0.05) is 35.6 Å². The van der Waals surface area contributed by atoms with Crippen LogP contribution in [0.5, 0.6) is 0 Å². The van der Waals surface area contributed by atoms with E-state index in [0.717, 1.165) is 42.2 Å². The number of rotatable bonds is 5. The van der Waals surface area contributed by atoms with Crippen LogP contribution in [0.15, 0.2) is 44.3 Å². The highest BCUT2D eigenvalue weighted by molar-refractivity contribution is 14.0. The van der Waals surface area contributed by atoms with Crippen molar-refractivity contribution in [1.82, 2.24) is 15.6 Å². The van der Waals surface area contributed by atoms with Gasteiger partial charge in [0.05, 0.1) is 11.9 Å². The minimum Gasteiger partial charge on any atom is -0.443 e. The molecule has 160 valence electrons. The van der Waals surface area contributed by atoms with Crippen LogP contribution >= 0.6 is 39.9 Å². The number of aliphatic imine (C=N–C) groups is 1. The van der Waals surface area contributed by atoms with E-state index in [9.17, 15) is 0 Å². The molecule has 2 N–H and O–H groups in total. The van der Waals surface area contributed by atoms with Crippen LogP contribution in [0.2, 0.25) is 0 Å². The molecule has 3 rings (SSSR count). The fourth-order valence-corrected chi connectivity index (χ4v) is 3.73. The van der Waals surface area contributed by atoms with Gasteiger partial charge in [-0.25, -0.2) is 9.98 Å². The first kappa shape index (κ1) is 24.0. The van der Waals surface area contributed by atoms with E-state index < -0.39 is 0 Å². The number of benzene rings is 1. The van der Waals surface area contributed by atoms with Crippen molar-refractivity contribution in [1.29, 1.82) is 0 Å². The van der Waals surface area contributed by atoms with Crippen LogP contribution in [0.4, 0.5) is 5.69 Å². The number of aromatic nitrogens is 1. The molecule has 1 aromatic carbocycles. The number of oxazole rings is 1. The van der Waals surface area contributed by atoms with Crippen molar-refractivity contribution in [2.24, 2.45) is 4.99 Å². The molecule has 1 saturated heterocycles. The van der Waals surface area contributed by atoms with Gasteiger partial charge >= 0.3 is 0 Å². The van der Waals surface area contributed by atoms with Gasteiger partial charge in [-0.15, -0.1) is 24.0 Å². The second-order valence-electron chi connectivity index (χ2n) is 8.09. The zero-order valence-corrected chi connectivity index (χ0v) is 21.5. The summed E-state index contributed by atoms with van der Waals surface area (Å²) >= 11 is 3.65. The van der Waals surface area contributed by atoms with Gasteiger partial charge in [0.25, 0.3) is 0 Å². The summed E-state index contributed by atoms with van der Waals surface area (Å²) in [5, 5.41) is 6.88. The third-order valence-electron chi connectivity index (χ3n) is 4.73. The Morgan fingerprint density at radius 3 is 2.76 bits per heavy atom. The van der Waals surface area contributed by atoms with E-state index in [0.29, 0.717) is 18.5 Å². The van der Waals surface area contributed by atoms with Gasteiger partial charge in [0.2, 0.25) is 5.89 Å². The highest BCUT2D eigenvalue weighted by atomic mass is 127. The minimum absolute atomic E-state index is 0. The maximum Gasteiger partial charge on any atom is 0.216 e.